The number of carbonyl (C=O) groups excluding carboxylic acids is 2. The van der Waals surface area contributed by atoms with Gasteiger partial charge in [0.05, 0.1) is 18.7 Å². The van der Waals surface area contributed by atoms with E-state index in [9.17, 15) is 19.5 Å². The molecule has 1 heterocycles. The molecule has 0 fully saturated rings. The summed E-state index contributed by atoms with van der Waals surface area (Å²) in [4.78, 5) is 41.8. The third-order valence-corrected chi connectivity index (χ3v) is 6.74. The van der Waals surface area contributed by atoms with Crippen LogP contribution in [0.15, 0.2) is 58.8 Å². The van der Waals surface area contributed by atoms with E-state index in [-0.39, 0.29) is 18.2 Å². The molecule has 0 saturated heterocycles. The number of nitrogens with one attached hydrogen (secondary N) is 1. The minimum Gasteiger partial charge on any atom is -0.495 e. The fraction of sp³-hybridized carbons (Fsp3) is 0.561. The number of carboxylic acid groups (broad SMARTS) is 1. The molecule has 0 bridgehead atoms. The lowest BCUT2D eigenvalue weighted by Crippen LogP contribution is -2.42. The molecule has 2 aromatic rings. The number of carboxylic acids is 1. The number of rotatable bonds is 11. The average molecular weight is 720 g/mol. The van der Waals surface area contributed by atoms with Crippen molar-refractivity contribution in [1.29, 1.82) is 0 Å². The monoisotopic (exact) mass is 720 g/mol. The average Bonchev–Trinajstić information content (AvgIpc) is 3.12. The quantitative estimate of drug-likeness (QED) is 0.135. The second-order valence-electron chi connectivity index (χ2n) is 11.6. The number of pyridine rings is 1. The molecule has 1 unspecified atom stereocenters. The number of hydrogen-bond donors (Lipinski definition) is 2. The van der Waals surface area contributed by atoms with Gasteiger partial charge in [0.15, 0.2) is 6.29 Å². The maximum absolute atomic E-state index is 13.3. The van der Waals surface area contributed by atoms with Crippen LogP contribution in [0, 0.1) is 11.3 Å². The maximum atomic E-state index is 13.3. The van der Waals surface area contributed by atoms with Gasteiger partial charge in [-0.1, -0.05) is 125 Å². The SMILES string of the molecule is C/C=C(/Cl)C(C=O)=C(C)C.CC.CC.CC.CC.CNc1ccc(CC(C(=O)O)c2ccc(OC)c(N(CC(C)C)C(=O)C(C)(C)C)c2)cn1. The topological polar surface area (TPSA) is 109 Å². The Morgan fingerprint density at radius 2 is 1.54 bits per heavy atom. The summed E-state index contributed by atoms with van der Waals surface area (Å²) >= 11 is 5.70. The van der Waals surface area contributed by atoms with Crippen LogP contribution in [0.4, 0.5) is 11.5 Å². The second-order valence-corrected chi connectivity index (χ2v) is 12.0. The third-order valence-electron chi connectivity index (χ3n) is 6.32. The molecular formula is C41H70ClN3O5. The number of amides is 1. The number of halogens is 1. The molecular weight excluding hydrogens is 650 g/mol. The Labute approximate surface area is 310 Å². The summed E-state index contributed by atoms with van der Waals surface area (Å²) in [6, 6.07) is 8.96. The smallest absolute Gasteiger partial charge is 0.311 e. The van der Waals surface area contributed by atoms with Gasteiger partial charge in [0.2, 0.25) is 5.91 Å². The molecule has 2 rings (SSSR count). The number of nitrogens with zero attached hydrogens (tertiary/aromatic N) is 2. The molecule has 8 nitrogen and oxygen atoms in total. The number of anilines is 2. The maximum Gasteiger partial charge on any atom is 0.311 e. The van der Waals surface area contributed by atoms with Gasteiger partial charge in [0, 0.05) is 35.8 Å². The number of methoxy groups -OCH3 is 1. The Morgan fingerprint density at radius 1 is 1.00 bits per heavy atom. The van der Waals surface area contributed by atoms with Gasteiger partial charge in [0.25, 0.3) is 0 Å². The van der Waals surface area contributed by atoms with Crippen LogP contribution in [-0.4, -0.2) is 49.0 Å². The zero-order chi connectivity index (χ0) is 40.2. The van der Waals surface area contributed by atoms with E-state index >= 15 is 0 Å². The summed E-state index contributed by atoms with van der Waals surface area (Å²) in [6.07, 6.45) is 4.45. The molecule has 1 atom stereocenters. The molecule has 0 saturated carbocycles. The second kappa shape index (κ2) is 30.2. The molecule has 1 amide bonds. The van der Waals surface area contributed by atoms with E-state index in [0.29, 0.717) is 34.2 Å². The first kappa shape index (κ1) is 53.1. The number of aliphatic carboxylic acids is 1. The minimum atomic E-state index is -0.934. The lowest BCUT2D eigenvalue weighted by atomic mass is 9.90. The number of aldehydes is 1. The van der Waals surface area contributed by atoms with Crippen molar-refractivity contribution in [1.82, 2.24) is 4.98 Å². The van der Waals surface area contributed by atoms with Crippen LogP contribution in [0.3, 0.4) is 0 Å². The van der Waals surface area contributed by atoms with Crippen LogP contribution in [0.5, 0.6) is 5.75 Å². The van der Waals surface area contributed by atoms with E-state index in [0.717, 1.165) is 23.2 Å². The zero-order valence-electron chi connectivity index (χ0n) is 34.5. The summed E-state index contributed by atoms with van der Waals surface area (Å²) < 4.78 is 5.55. The van der Waals surface area contributed by atoms with Crippen molar-refractivity contribution < 1.29 is 24.2 Å². The molecule has 1 aromatic carbocycles. The Bertz CT molecular complexity index is 1280. The van der Waals surface area contributed by atoms with Crippen molar-refractivity contribution in [2.75, 3.05) is 30.9 Å². The normalized spacial score (nSPS) is 10.6. The van der Waals surface area contributed by atoms with Crippen LogP contribution in [0.1, 0.15) is 128 Å². The van der Waals surface area contributed by atoms with Crippen LogP contribution in [-0.2, 0) is 20.8 Å². The number of ether oxygens (including phenoxy) is 1. The van der Waals surface area contributed by atoms with Gasteiger partial charge in [-0.05, 0) is 62.4 Å². The summed E-state index contributed by atoms with van der Waals surface area (Å²) in [6.45, 7) is 31.7. The van der Waals surface area contributed by atoms with Gasteiger partial charge in [-0.2, -0.15) is 0 Å². The highest BCUT2D eigenvalue weighted by Crippen LogP contribution is 2.36. The lowest BCUT2D eigenvalue weighted by molar-refractivity contribution is -0.138. The van der Waals surface area contributed by atoms with Crippen molar-refractivity contribution in [3.8, 4) is 5.75 Å². The van der Waals surface area contributed by atoms with Crippen LogP contribution in [0.25, 0.3) is 0 Å². The Balaban J connectivity index is -0.000000493. The fourth-order valence-corrected chi connectivity index (χ4v) is 4.27. The minimum absolute atomic E-state index is 0.0413. The number of carbonyl (C=O) groups is 3. The van der Waals surface area contributed by atoms with E-state index in [1.165, 1.54) is 0 Å². The van der Waals surface area contributed by atoms with E-state index in [4.69, 9.17) is 16.3 Å². The molecule has 1 aromatic heterocycles. The molecule has 2 N–H and O–H groups in total. The summed E-state index contributed by atoms with van der Waals surface area (Å²) in [7, 11) is 3.33. The van der Waals surface area contributed by atoms with Gasteiger partial charge in [0.1, 0.15) is 11.6 Å². The molecule has 50 heavy (non-hydrogen) atoms. The van der Waals surface area contributed by atoms with Gasteiger partial charge in [-0.3, -0.25) is 14.4 Å². The predicted molar refractivity (Wildman–Crippen MR) is 217 cm³/mol. The lowest BCUT2D eigenvalue weighted by Gasteiger charge is -2.32. The first-order valence-electron chi connectivity index (χ1n) is 17.9. The molecule has 286 valence electrons. The zero-order valence-corrected chi connectivity index (χ0v) is 35.3. The highest BCUT2D eigenvalue weighted by Gasteiger charge is 2.31. The fourth-order valence-electron chi connectivity index (χ4n) is 4.04. The number of allylic oxidation sites excluding steroid dienone is 4. The number of aromatic nitrogens is 1. The Kier molecular flexibility index (Phi) is 32.1. The number of benzene rings is 1. The highest BCUT2D eigenvalue weighted by molar-refractivity contribution is 6.34. The molecule has 0 aliphatic rings. The van der Waals surface area contributed by atoms with Crippen molar-refractivity contribution in [2.45, 2.75) is 123 Å². The van der Waals surface area contributed by atoms with Crippen LogP contribution >= 0.6 is 11.6 Å². The molecule has 0 radical (unpaired) electrons. The summed E-state index contributed by atoms with van der Waals surface area (Å²) in [5, 5.41) is 13.5. The first-order valence-corrected chi connectivity index (χ1v) is 18.3. The Morgan fingerprint density at radius 3 is 1.86 bits per heavy atom. The predicted octanol–water partition coefficient (Wildman–Crippen LogP) is 11.3. The third kappa shape index (κ3) is 19.5. The van der Waals surface area contributed by atoms with E-state index in [1.54, 1.807) is 56.5 Å². The molecule has 0 aliphatic carbocycles. The largest absolute Gasteiger partial charge is 0.495 e. The van der Waals surface area contributed by atoms with E-state index in [1.807, 2.05) is 116 Å². The van der Waals surface area contributed by atoms with Gasteiger partial charge < -0.3 is 20.1 Å². The molecule has 0 aliphatic heterocycles. The molecule has 9 heteroatoms. The summed E-state index contributed by atoms with van der Waals surface area (Å²) in [5.41, 5.74) is 2.96. The standard InChI is InChI=1S/C25H35N3O4.C8H11ClO.4C2H6/c1-16(2)15-28(24(31)25(3,4)5)20-13-18(9-10-21(20)32-7)19(23(29)30)12-17-8-11-22(26-6)27-14-17;1-4-8(9)7(5-10)6(2)3;4*1-2/h8-11,13-14,16,19H,12,15H2,1-7H3,(H,26,27)(H,29,30);4-5H,1-3H3;4*1-2H3/b;8-4+;;;;. The van der Waals surface area contributed by atoms with E-state index < -0.39 is 17.3 Å². The van der Waals surface area contributed by atoms with E-state index in [2.05, 4.69) is 10.3 Å². The van der Waals surface area contributed by atoms with Crippen molar-refractivity contribution in [3.05, 3.63) is 69.9 Å². The molecule has 0 spiro atoms. The van der Waals surface area contributed by atoms with Gasteiger partial charge in [-0.15, -0.1) is 0 Å². The summed E-state index contributed by atoms with van der Waals surface area (Å²) in [5.74, 6) is -0.278. The van der Waals surface area contributed by atoms with Crippen LogP contribution < -0.4 is 15.0 Å². The van der Waals surface area contributed by atoms with Gasteiger partial charge in [-0.25, -0.2) is 4.98 Å². The van der Waals surface area contributed by atoms with Crippen molar-refractivity contribution >= 4 is 41.3 Å². The highest BCUT2D eigenvalue weighted by atomic mass is 35.5. The van der Waals surface area contributed by atoms with Gasteiger partial charge >= 0.3 is 5.97 Å². The number of hydrogen-bond acceptors (Lipinski definition) is 6. The Hall–Kier alpha value is -3.65. The van der Waals surface area contributed by atoms with Crippen LogP contribution in [0.2, 0.25) is 0 Å². The van der Waals surface area contributed by atoms with Crippen molar-refractivity contribution in [2.24, 2.45) is 11.3 Å². The first-order chi connectivity index (χ1) is 23.6. The van der Waals surface area contributed by atoms with Crippen molar-refractivity contribution in [3.63, 3.8) is 0 Å².